The number of hydrogen-bond donors (Lipinski definition) is 0. The number of halogens is 3. The van der Waals surface area contributed by atoms with Crippen LogP contribution in [0.15, 0.2) is 60.0 Å². The van der Waals surface area contributed by atoms with Crippen molar-refractivity contribution in [3.63, 3.8) is 0 Å². The Morgan fingerprint density at radius 1 is 1.11 bits per heavy atom. The number of nitrogens with zero attached hydrogens (tertiary/aromatic N) is 2. The summed E-state index contributed by atoms with van der Waals surface area (Å²) in [5, 5.41) is 2.41. The molecular formula is C31H35F3N2O. The van der Waals surface area contributed by atoms with Gasteiger partial charge in [-0.2, -0.15) is 13.2 Å². The summed E-state index contributed by atoms with van der Waals surface area (Å²) < 4.78 is 46.7. The molecule has 37 heavy (non-hydrogen) atoms. The van der Waals surface area contributed by atoms with Crippen molar-refractivity contribution in [2.45, 2.75) is 87.6 Å². The minimum absolute atomic E-state index is 0.0946. The molecule has 0 N–H and O–H groups in total. The molecule has 2 aromatic rings. The molecule has 2 aliphatic heterocycles. The number of fused-ring (bicyclic) bond motifs is 2. The first kappa shape index (κ1) is 23.9. The van der Waals surface area contributed by atoms with Crippen LogP contribution in [0.25, 0.3) is 10.8 Å². The molecule has 6 atom stereocenters. The third-order valence-corrected chi connectivity index (χ3v) is 10.8. The number of benzene rings is 1. The zero-order chi connectivity index (χ0) is 25.6. The molecule has 1 saturated heterocycles. The summed E-state index contributed by atoms with van der Waals surface area (Å²) in [7, 11) is 1.63. The molecule has 1 aromatic heterocycles. The summed E-state index contributed by atoms with van der Waals surface area (Å²) in [6.45, 7) is 1.60. The second-order valence-corrected chi connectivity index (χ2v) is 12.6. The lowest BCUT2D eigenvalue weighted by atomic mass is 9.58. The fraction of sp³-hybridized carbons (Fsp3) is 0.581. The van der Waals surface area contributed by atoms with E-state index < -0.39 is 18.3 Å². The largest absolute Gasteiger partial charge is 0.401 e. The van der Waals surface area contributed by atoms with Gasteiger partial charge in [0.05, 0.1) is 17.7 Å². The quantitative estimate of drug-likeness (QED) is 0.434. The van der Waals surface area contributed by atoms with Crippen LogP contribution in [-0.4, -0.2) is 46.9 Å². The standard InChI is InChI=1S/C31H35F3N2O/c1-28-11-9-24-16-23-5-6-25(36(2)19-31(32,33)34)17-29(23)12-13-30(24,37-29)27(28)8-7-26(28)21-4-3-20-10-14-35-18-22(20)15-21/h3-4,9-10,14-16,18,25-27H,5-8,11-13,17,19H2,1-2H3/t25-,26+,27?,28+,29+,30?/m0/s1. The van der Waals surface area contributed by atoms with Crippen LogP contribution < -0.4 is 0 Å². The molecule has 2 unspecified atom stereocenters. The van der Waals surface area contributed by atoms with E-state index in [4.69, 9.17) is 4.74 Å². The van der Waals surface area contributed by atoms with Gasteiger partial charge in [0.1, 0.15) is 0 Å². The van der Waals surface area contributed by atoms with E-state index in [1.54, 1.807) is 7.05 Å². The first-order chi connectivity index (χ1) is 17.6. The number of aromatic nitrogens is 1. The lowest BCUT2D eigenvalue weighted by Gasteiger charge is -2.55. The van der Waals surface area contributed by atoms with E-state index in [0.29, 0.717) is 18.3 Å². The van der Waals surface area contributed by atoms with E-state index >= 15 is 0 Å². The van der Waals surface area contributed by atoms with Gasteiger partial charge in [0.15, 0.2) is 0 Å². The molecule has 1 aromatic carbocycles. The summed E-state index contributed by atoms with van der Waals surface area (Å²) in [5.41, 5.74) is 3.47. The van der Waals surface area contributed by atoms with Crippen LogP contribution in [0, 0.1) is 11.3 Å². The Kier molecular flexibility index (Phi) is 5.12. The molecule has 3 fully saturated rings. The van der Waals surface area contributed by atoms with Gasteiger partial charge in [-0.1, -0.05) is 31.2 Å². The zero-order valence-corrected chi connectivity index (χ0v) is 21.7. The van der Waals surface area contributed by atoms with Crippen LogP contribution in [0.4, 0.5) is 13.2 Å². The van der Waals surface area contributed by atoms with E-state index in [1.807, 2.05) is 12.4 Å². The maximum Gasteiger partial charge on any atom is 0.401 e. The van der Waals surface area contributed by atoms with E-state index in [-0.39, 0.29) is 17.1 Å². The Hall–Kier alpha value is -2.18. The fourth-order valence-electron chi connectivity index (χ4n) is 9.04. The number of ether oxygens (including phenoxy) is 1. The van der Waals surface area contributed by atoms with Gasteiger partial charge in [0.2, 0.25) is 0 Å². The molecule has 3 heterocycles. The molecule has 6 heteroatoms. The van der Waals surface area contributed by atoms with Crippen LogP contribution in [-0.2, 0) is 4.74 Å². The van der Waals surface area contributed by atoms with Crippen molar-refractivity contribution in [1.29, 1.82) is 0 Å². The molecule has 5 aliphatic rings. The van der Waals surface area contributed by atoms with Crippen molar-refractivity contribution < 1.29 is 17.9 Å². The van der Waals surface area contributed by atoms with Crippen LogP contribution >= 0.6 is 0 Å². The topological polar surface area (TPSA) is 25.4 Å². The van der Waals surface area contributed by atoms with Gasteiger partial charge in [-0.25, -0.2) is 0 Å². The highest BCUT2D eigenvalue weighted by Crippen LogP contribution is 2.69. The van der Waals surface area contributed by atoms with Crippen molar-refractivity contribution in [3.8, 4) is 0 Å². The molecule has 2 bridgehead atoms. The minimum atomic E-state index is -4.17. The van der Waals surface area contributed by atoms with Gasteiger partial charge in [0, 0.05) is 23.8 Å². The number of rotatable bonds is 3. The number of alkyl halides is 3. The second kappa shape index (κ2) is 7.92. The Labute approximate surface area is 216 Å². The van der Waals surface area contributed by atoms with Gasteiger partial charge in [-0.15, -0.1) is 0 Å². The molecule has 2 spiro atoms. The summed E-state index contributed by atoms with van der Waals surface area (Å²) >= 11 is 0. The summed E-state index contributed by atoms with van der Waals surface area (Å²) in [6, 6.07) is 8.82. The lowest BCUT2D eigenvalue weighted by Crippen LogP contribution is -2.55. The van der Waals surface area contributed by atoms with Crippen molar-refractivity contribution in [2.24, 2.45) is 11.3 Å². The average Bonchev–Trinajstić information content (AvgIpc) is 3.37. The first-order valence-electron chi connectivity index (χ1n) is 13.8. The molecule has 0 amide bonds. The third kappa shape index (κ3) is 3.51. The van der Waals surface area contributed by atoms with Crippen LogP contribution in [0.5, 0.6) is 0 Å². The zero-order valence-electron chi connectivity index (χ0n) is 21.7. The Bertz CT molecular complexity index is 1320. The Morgan fingerprint density at radius 3 is 2.81 bits per heavy atom. The van der Waals surface area contributed by atoms with Gasteiger partial charge in [0.25, 0.3) is 0 Å². The Morgan fingerprint density at radius 2 is 1.97 bits per heavy atom. The van der Waals surface area contributed by atoms with Crippen molar-refractivity contribution in [1.82, 2.24) is 9.88 Å². The van der Waals surface area contributed by atoms with Gasteiger partial charge >= 0.3 is 6.18 Å². The van der Waals surface area contributed by atoms with Crippen LogP contribution in [0.2, 0.25) is 0 Å². The average molecular weight is 509 g/mol. The summed E-state index contributed by atoms with van der Waals surface area (Å²) in [4.78, 5) is 5.85. The highest BCUT2D eigenvalue weighted by atomic mass is 19.4. The highest BCUT2D eigenvalue weighted by Gasteiger charge is 2.66. The molecule has 3 aliphatic carbocycles. The maximum atomic E-state index is 13.2. The van der Waals surface area contributed by atoms with E-state index in [2.05, 4.69) is 48.3 Å². The normalized spacial score (nSPS) is 38.7. The van der Waals surface area contributed by atoms with Crippen LogP contribution in [0.1, 0.15) is 69.8 Å². The molecular weight excluding hydrogens is 473 g/mol. The summed E-state index contributed by atoms with van der Waals surface area (Å²) in [6.07, 6.45) is 12.0. The van der Waals surface area contributed by atoms with E-state index in [0.717, 1.165) is 44.9 Å². The van der Waals surface area contributed by atoms with E-state index in [1.165, 1.54) is 32.4 Å². The lowest BCUT2D eigenvalue weighted by molar-refractivity contribution is -0.161. The van der Waals surface area contributed by atoms with Crippen LogP contribution in [0.3, 0.4) is 0 Å². The molecule has 0 radical (unpaired) electrons. The molecule has 2 saturated carbocycles. The molecule has 3 nitrogen and oxygen atoms in total. The monoisotopic (exact) mass is 508 g/mol. The SMILES string of the molecule is CN(CC(F)(F)F)[C@H]1CCC2=CC3=CC[C@@]4(C)C(CC[C@@H]4c4ccc5ccncc5c4)C34CC[C@]2(C1)O4. The van der Waals surface area contributed by atoms with Gasteiger partial charge in [-0.05, 0) is 110 Å². The van der Waals surface area contributed by atoms with Crippen molar-refractivity contribution in [2.75, 3.05) is 13.6 Å². The fourth-order valence-corrected chi connectivity index (χ4v) is 9.04. The van der Waals surface area contributed by atoms with E-state index in [9.17, 15) is 13.2 Å². The first-order valence-corrected chi connectivity index (χ1v) is 13.8. The predicted octanol–water partition coefficient (Wildman–Crippen LogP) is 7.34. The van der Waals surface area contributed by atoms with Gasteiger partial charge in [-0.3, -0.25) is 9.88 Å². The predicted molar refractivity (Wildman–Crippen MR) is 138 cm³/mol. The second-order valence-electron chi connectivity index (χ2n) is 12.6. The third-order valence-electron chi connectivity index (χ3n) is 10.8. The summed E-state index contributed by atoms with van der Waals surface area (Å²) in [5.74, 6) is 0.872. The van der Waals surface area contributed by atoms with Gasteiger partial charge < -0.3 is 4.74 Å². The number of allylic oxidation sites excluding steroid dienone is 1. The Balaban J connectivity index is 1.21. The molecule has 196 valence electrons. The number of pyridine rings is 1. The highest BCUT2D eigenvalue weighted by molar-refractivity contribution is 5.82. The number of hydrogen-bond acceptors (Lipinski definition) is 3. The minimum Gasteiger partial charge on any atom is -0.359 e. The smallest absolute Gasteiger partial charge is 0.359 e. The maximum absolute atomic E-state index is 13.2. The van der Waals surface area contributed by atoms with Crippen molar-refractivity contribution >= 4 is 10.8 Å². The molecule has 7 rings (SSSR count). The van der Waals surface area contributed by atoms with Crippen molar-refractivity contribution in [3.05, 3.63) is 65.5 Å².